The van der Waals surface area contributed by atoms with Crippen molar-refractivity contribution in [2.75, 3.05) is 0 Å². The fourth-order valence-corrected chi connectivity index (χ4v) is 0.944. The van der Waals surface area contributed by atoms with Crippen molar-refractivity contribution in [3.8, 4) is 0 Å². The van der Waals surface area contributed by atoms with Crippen LogP contribution in [0.2, 0.25) is 0 Å². The van der Waals surface area contributed by atoms with E-state index >= 15 is 0 Å². The topological polar surface area (TPSA) is 117 Å². The maximum Gasteiger partial charge on any atom is 0.409 e. The van der Waals surface area contributed by atoms with E-state index in [0.29, 0.717) is 0 Å². The second-order valence-corrected chi connectivity index (χ2v) is 3.53. The smallest absolute Gasteiger partial charge is 0.409 e. The molecule has 0 aliphatic rings. The van der Waals surface area contributed by atoms with Gasteiger partial charge in [-0.25, -0.2) is 4.21 Å². The molecule has 0 saturated carbocycles. The summed E-state index contributed by atoms with van der Waals surface area (Å²) < 4.78 is 47.7. The molecule has 0 saturated heterocycles. The van der Waals surface area contributed by atoms with Gasteiger partial charge in [0.15, 0.2) is 0 Å². The third-order valence-corrected chi connectivity index (χ3v) is 1.84. The molecule has 1 unspecified atom stereocenters. The molecule has 1 aromatic rings. The third-order valence-electron chi connectivity index (χ3n) is 0.708. The second kappa shape index (κ2) is 6.56. The van der Waals surface area contributed by atoms with Crippen molar-refractivity contribution in [1.29, 1.82) is 0 Å². The quantitative estimate of drug-likeness (QED) is 0.556. The number of hydrogen-bond acceptors (Lipinski definition) is 6. The standard InChI is InChI=1S/C5H5N.H2O6S2/c1-2-4-6-5-3-1;1-7(2)6-8(3,4)5/h1-5H;(H,1,2)(H,3,4,5)/p-1. The molecule has 9 heteroatoms. The molecule has 0 aliphatic carbocycles. The zero-order valence-electron chi connectivity index (χ0n) is 6.64. The lowest BCUT2D eigenvalue weighted by Crippen LogP contribution is -2.04. The van der Waals surface area contributed by atoms with Crippen LogP contribution in [0.25, 0.3) is 0 Å². The highest BCUT2D eigenvalue weighted by atomic mass is 32.3. The van der Waals surface area contributed by atoms with E-state index in [1.165, 1.54) is 0 Å². The van der Waals surface area contributed by atoms with E-state index in [0.717, 1.165) is 0 Å². The summed E-state index contributed by atoms with van der Waals surface area (Å²) in [7, 11) is -4.84. The average Bonchev–Trinajstić information content (AvgIpc) is 2.03. The van der Waals surface area contributed by atoms with Crippen LogP contribution in [-0.4, -0.2) is 26.7 Å². The first-order valence-corrected chi connectivity index (χ1v) is 5.40. The highest BCUT2D eigenvalue weighted by Gasteiger charge is 2.02. The molecule has 1 aromatic heterocycles. The maximum absolute atomic E-state index is 9.38. The summed E-state index contributed by atoms with van der Waals surface area (Å²) in [5.41, 5.74) is 0. The van der Waals surface area contributed by atoms with Crippen molar-refractivity contribution in [3.05, 3.63) is 30.6 Å². The molecule has 7 nitrogen and oxygen atoms in total. The first-order valence-electron chi connectivity index (χ1n) is 3.03. The fraction of sp³-hybridized carbons (Fsp3) is 0. The molecule has 80 valence electrons. The van der Waals surface area contributed by atoms with Gasteiger partial charge in [0.2, 0.25) is 0 Å². The summed E-state index contributed by atoms with van der Waals surface area (Å²) in [5, 5.41) is 0. The van der Waals surface area contributed by atoms with Gasteiger partial charge in [0.1, 0.15) is 11.4 Å². The first kappa shape index (κ1) is 13.1. The van der Waals surface area contributed by atoms with Crippen LogP contribution in [0.5, 0.6) is 0 Å². The van der Waals surface area contributed by atoms with Crippen LogP contribution in [-0.2, 0) is 25.4 Å². The molecular formula is C5H6NO6S2-. The Kier molecular flexibility index (Phi) is 6.16. The van der Waals surface area contributed by atoms with Gasteiger partial charge in [0.05, 0.1) is 0 Å². The Morgan fingerprint density at radius 1 is 1.29 bits per heavy atom. The van der Waals surface area contributed by atoms with Crippen LogP contribution in [0.3, 0.4) is 0 Å². The lowest BCUT2D eigenvalue weighted by atomic mass is 10.5. The van der Waals surface area contributed by atoms with Crippen LogP contribution in [0, 0.1) is 0 Å². The summed E-state index contributed by atoms with van der Waals surface area (Å²) in [6, 6.07) is 5.72. The van der Waals surface area contributed by atoms with Crippen molar-refractivity contribution in [2.45, 2.75) is 0 Å². The number of rotatable bonds is 2. The SMILES string of the molecule is O=S([O-])OS(=O)(=O)O.c1ccncc1. The summed E-state index contributed by atoms with van der Waals surface area (Å²) in [5.74, 6) is 0. The molecule has 1 rings (SSSR count). The lowest BCUT2D eigenvalue weighted by molar-refractivity contribution is 0.370. The van der Waals surface area contributed by atoms with Crippen molar-refractivity contribution < 1.29 is 25.4 Å². The lowest BCUT2D eigenvalue weighted by Gasteiger charge is -1.98. The van der Waals surface area contributed by atoms with E-state index in [1.807, 2.05) is 18.2 Å². The molecule has 1 N–H and O–H groups in total. The average molecular weight is 240 g/mol. The number of pyridine rings is 1. The van der Waals surface area contributed by atoms with Gasteiger partial charge in [-0.1, -0.05) is 6.07 Å². The molecule has 0 amide bonds. The van der Waals surface area contributed by atoms with Crippen LogP contribution >= 0.6 is 0 Å². The van der Waals surface area contributed by atoms with Gasteiger partial charge in [-0.2, -0.15) is 12.0 Å². The molecule has 0 fully saturated rings. The predicted octanol–water partition coefficient (Wildman–Crippen LogP) is -0.319. The second-order valence-electron chi connectivity index (χ2n) is 1.72. The Morgan fingerprint density at radius 2 is 1.79 bits per heavy atom. The Bertz CT molecular complexity index is 336. The van der Waals surface area contributed by atoms with E-state index in [1.54, 1.807) is 12.4 Å². The highest BCUT2D eigenvalue weighted by molar-refractivity contribution is 7.91. The largest absolute Gasteiger partial charge is 0.749 e. The normalized spacial score (nSPS) is 12.4. The molecule has 0 bridgehead atoms. The van der Waals surface area contributed by atoms with E-state index in [2.05, 4.69) is 8.61 Å². The molecule has 1 heterocycles. The van der Waals surface area contributed by atoms with Gasteiger partial charge in [0.25, 0.3) is 0 Å². The minimum absolute atomic E-state index is 1.75. The first-order chi connectivity index (χ1) is 6.42. The number of nitrogens with zero attached hydrogens (tertiary/aromatic N) is 1. The van der Waals surface area contributed by atoms with Crippen molar-refractivity contribution in [2.24, 2.45) is 0 Å². The molecule has 1 atom stereocenters. The van der Waals surface area contributed by atoms with Crippen molar-refractivity contribution >= 4 is 21.8 Å². The molecule has 0 radical (unpaired) electrons. The molecular weight excluding hydrogens is 234 g/mol. The summed E-state index contributed by atoms with van der Waals surface area (Å²) >= 11 is -3.22. The van der Waals surface area contributed by atoms with Gasteiger partial charge >= 0.3 is 10.4 Å². The van der Waals surface area contributed by atoms with Gasteiger partial charge in [-0.05, 0) is 12.1 Å². The zero-order chi connectivity index (χ0) is 11.0. The summed E-state index contributed by atoms with van der Waals surface area (Å²) in [6.07, 6.45) is 3.50. The van der Waals surface area contributed by atoms with Gasteiger partial charge in [-0.3, -0.25) is 9.54 Å². The van der Waals surface area contributed by atoms with Gasteiger partial charge in [-0.15, -0.1) is 0 Å². The minimum atomic E-state index is -4.84. The molecule has 0 aromatic carbocycles. The van der Waals surface area contributed by atoms with Gasteiger partial charge in [0, 0.05) is 12.4 Å². The van der Waals surface area contributed by atoms with E-state index in [9.17, 15) is 17.2 Å². The molecule has 0 aliphatic heterocycles. The Labute approximate surface area is 83.2 Å². The number of aromatic nitrogens is 1. The Hall–Kier alpha value is -0.870. The van der Waals surface area contributed by atoms with Crippen molar-refractivity contribution in [1.82, 2.24) is 4.98 Å². The summed E-state index contributed by atoms with van der Waals surface area (Å²) in [6.45, 7) is 0. The highest BCUT2D eigenvalue weighted by Crippen LogP contribution is 1.86. The third kappa shape index (κ3) is 11.1. The molecule has 14 heavy (non-hydrogen) atoms. The monoisotopic (exact) mass is 240 g/mol. The van der Waals surface area contributed by atoms with Crippen LogP contribution in [0.1, 0.15) is 0 Å². The van der Waals surface area contributed by atoms with E-state index in [4.69, 9.17) is 4.55 Å². The summed E-state index contributed by atoms with van der Waals surface area (Å²) in [4.78, 5) is 3.78. The Morgan fingerprint density at radius 3 is 1.86 bits per heavy atom. The molecule has 0 spiro atoms. The van der Waals surface area contributed by atoms with Gasteiger partial charge < -0.3 is 4.55 Å². The predicted molar refractivity (Wildman–Crippen MR) is 45.8 cm³/mol. The van der Waals surface area contributed by atoms with E-state index < -0.39 is 21.8 Å². The van der Waals surface area contributed by atoms with Crippen molar-refractivity contribution in [3.63, 3.8) is 0 Å². The Balaban J connectivity index is 0.000000249. The zero-order valence-corrected chi connectivity index (χ0v) is 8.27. The van der Waals surface area contributed by atoms with Crippen LogP contribution in [0.4, 0.5) is 0 Å². The minimum Gasteiger partial charge on any atom is -0.749 e. The number of hydrogen-bond donors (Lipinski definition) is 1. The van der Waals surface area contributed by atoms with Crippen LogP contribution < -0.4 is 0 Å². The fourth-order valence-electron chi connectivity index (χ4n) is 0.383. The maximum atomic E-state index is 9.38. The van der Waals surface area contributed by atoms with E-state index in [-0.39, 0.29) is 0 Å². The van der Waals surface area contributed by atoms with Crippen LogP contribution in [0.15, 0.2) is 30.6 Å².